The van der Waals surface area contributed by atoms with E-state index in [4.69, 9.17) is 11.6 Å². The highest BCUT2D eigenvalue weighted by atomic mass is 35.5. The molecular formula is C8H17ClO. The van der Waals surface area contributed by atoms with E-state index in [0.29, 0.717) is 5.92 Å². The van der Waals surface area contributed by atoms with E-state index in [1.807, 2.05) is 0 Å². The molecule has 0 aromatic heterocycles. The Hall–Kier alpha value is 0.250. The van der Waals surface area contributed by atoms with E-state index in [2.05, 4.69) is 13.8 Å². The molecule has 0 rings (SSSR count). The molecule has 0 spiro atoms. The van der Waals surface area contributed by atoms with Crippen LogP contribution in [-0.4, -0.2) is 16.1 Å². The van der Waals surface area contributed by atoms with Gasteiger partial charge in [0, 0.05) is 0 Å². The van der Waals surface area contributed by atoms with Gasteiger partial charge in [0.05, 0.1) is 11.0 Å². The molecule has 0 aliphatic carbocycles. The van der Waals surface area contributed by atoms with Crippen molar-refractivity contribution in [3.63, 3.8) is 0 Å². The van der Waals surface area contributed by atoms with Gasteiger partial charge in [-0.1, -0.05) is 13.8 Å². The average molecular weight is 165 g/mol. The summed E-state index contributed by atoms with van der Waals surface area (Å²) >= 11 is 5.90. The van der Waals surface area contributed by atoms with E-state index in [-0.39, 0.29) is 5.38 Å². The number of hydrogen-bond acceptors (Lipinski definition) is 1. The van der Waals surface area contributed by atoms with Crippen molar-refractivity contribution in [2.24, 2.45) is 5.92 Å². The predicted octanol–water partition coefficient (Wildman–Crippen LogP) is 2.41. The van der Waals surface area contributed by atoms with Crippen LogP contribution < -0.4 is 0 Å². The summed E-state index contributed by atoms with van der Waals surface area (Å²) in [7, 11) is 0. The van der Waals surface area contributed by atoms with Crippen molar-refractivity contribution in [1.82, 2.24) is 0 Å². The number of alkyl halides is 1. The van der Waals surface area contributed by atoms with E-state index in [0.717, 1.165) is 6.42 Å². The maximum Gasteiger partial charge on any atom is 0.0754 e. The first kappa shape index (κ1) is 10.2. The molecule has 1 N–H and O–H groups in total. The molecule has 0 saturated carbocycles. The van der Waals surface area contributed by atoms with E-state index in [1.54, 1.807) is 13.8 Å². The Bertz CT molecular complexity index is 93.9. The van der Waals surface area contributed by atoms with Crippen LogP contribution in [0.15, 0.2) is 0 Å². The Balaban J connectivity index is 3.73. The third kappa shape index (κ3) is 4.13. The minimum absolute atomic E-state index is 0.132. The van der Waals surface area contributed by atoms with Crippen LogP contribution in [0.4, 0.5) is 0 Å². The Kier molecular flexibility index (Phi) is 3.68. The third-order valence-electron chi connectivity index (χ3n) is 1.44. The lowest BCUT2D eigenvalue weighted by Crippen LogP contribution is -2.32. The molecule has 0 unspecified atom stereocenters. The normalized spacial score (nSPS) is 15.9. The molecule has 0 aliphatic heterocycles. The van der Waals surface area contributed by atoms with Crippen molar-refractivity contribution < 1.29 is 5.11 Å². The Morgan fingerprint density at radius 2 is 1.80 bits per heavy atom. The van der Waals surface area contributed by atoms with Crippen molar-refractivity contribution in [1.29, 1.82) is 0 Å². The molecule has 1 atom stereocenters. The Morgan fingerprint density at radius 1 is 1.40 bits per heavy atom. The number of halogens is 1. The first-order chi connectivity index (χ1) is 4.34. The van der Waals surface area contributed by atoms with Crippen LogP contribution in [0, 0.1) is 5.92 Å². The highest BCUT2D eigenvalue weighted by Gasteiger charge is 2.24. The van der Waals surface area contributed by atoms with Crippen molar-refractivity contribution >= 4 is 11.6 Å². The zero-order chi connectivity index (χ0) is 8.36. The summed E-state index contributed by atoms with van der Waals surface area (Å²) in [5.41, 5.74) is -0.744. The summed E-state index contributed by atoms with van der Waals surface area (Å²) in [6.07, 6.45) is 0.866. The fourth-order valence-electron chi connectivity index (χ4n) is 0.702. The second kappa shape index (κ2) is 3.59. The highest BCUT2D eigenvalue weighted by Crippen LogP contribution is 2.21. The minimum atomic E-state index is -0.744. The van der Waals surface area contributed by atoms with Gasteiger partial charge in [0.2, 0.25) is 0 Å². The molecule has 0 radical (unpaired) electrons. The van der Waals surface area contributed by atoms with Crippen LogP contribution in [0.5, 0.6) is 0 Å². The van der Waals surface area contributed by atoms with Gasteiger partial charge in [-0.2, -0.15) is 0 Å². The molecule has 0 aromatic carbocycles. The van der Waals surface area contributed by atoms with Crippen LogP contribution in [-0.2, 0) is 0 Å². The molecule has 0 heterocycles. The lowest BCUT2D eigenvalue weighted by Gasteiger charge is -2.24. The summed E-state index contributed by atoms with van der Waals surface area (Å²) in [6.45, 7) is 7.68. The van der Waals surface area contributed by atoms with Gasteiger partial charge < -0.3 is 5.11 Å². The zero-order valence-electron chi connectivity index (χ0n) is 7.19. The average Bonchev–Trinajstić information content (AvgIpc) is 1.60. The second-order valence-electron chi connectivity index (χ2n) is 3.75. The molecule has 1 nitrogen and oxygen atoms in total. The van der Waals surface area contributed by atoms with Gasteiger partial charge in [0.25, 0.3) is 0 Å². The standard InChI is InChI=1S/C8H17ClO/c1-6(2)5-7(9)8(3,4)10/h6-7,10H,5H2,1-4H3/t7-/m1/s1. The molecule has 0 aliphatic rings. The van der Waals surface area contributed by atoms with Gasteiger partial charge >= 0.3 is 0 Å². The lowest BCUT2D eigenvalue weighted by molar-refractivity contribution is 0.0693. The van der Waals surface area contributed by atoms with Crippen LogP contribution in [0.25, 0.3) is 0 Å². The molecule has 0 amide bonds. The second-order valence-corrected chi connectivity index (χ2v) is 4.28. The van der Waals surface area contributed by atoms with Crippen molar-refractivity contribution in [2.45, 2.75) is 45.1 Å². The molecule has 62 valence electrons. The summed E-state index contributed by atoms with van der Waals surface area (Å²) in [6, 6.07) is 0. The molecular weight excluding hydrogens is 148 g/mol. The summed E-state index contributed by atoms with van der Waals surface area (Å²) in [5.74, 6) is 0.550. The maximum atomic E-state index is 9.40. The van der Waals surface area contributed by atoms with E-state index < -0.39 is 5.60 Å². The number of rotatable bonds is 3. The molecule has 10 heavy (non-hydrogen) atoms. The summed E-state index contributed by atoms with van der Waals surface area (Å²) in [5, 5.41) is 9.27. The predicted molar refractivity (Wildman–Crippen MR) is 45.4 cm³/mol. The van der Waals surface area contributed by atoms with Gasteiger partial charge in [-0.15, -0.1) is 11.6 Å². The van der Waals surface area contributed by atoms with Crippen molar-refractivity contribution in [3.05, 3.63) is 0 Å². The van der Waals surface area contributed by atoms with Gasteiger partial charge in [-0.3, -0.25) is 0 Å². The fraction of sp³-hybridized carbons (Fsp3) is 1.00. The fourth-order valence-corrected chi connectivity index (χ4v) is 1.06. The van der Waals surface area contributed by atoms with Gasteiger partial charge in [0.1, 0.15) is 0 Å². The zero-order valence-corrected chi connectivity index (χ0v) is 7.94. The van der Waals surface area contributed by atoms with Gasteiger partial charge in [-0.05, 0) is 26.2 Å². The van der Waals surface area contributed by atoms with Gasteiger partial charge in [-0.25, -0.2) is 0 Å². The van der Waals surface area contributed by atoms with Gasteiger partial charge in [0.15, 0.2) is 0 Å². The monoisotopic (exact) mass is 164 g/mol. The third-order valence-corrected chi connectivity index (χ3v) is 2.16. The maximum absolute atomic E-state index is 9.40. The van der Waals surface area contributed by atoms with E-state index >= 15 is 0 Å². The topological polar surface area (TPSA) is 20.2 Å². The van der Waals surface area contributed by atoms with Crippen LogP contribution in [0.2, 0.25) is 0 Å². The van der Waals surface area contributed by atoms with Crippen molar-refractivity contribution in [3.8, 4) is 0 Å². The molecule has 0 bridgehead atoms. The van der Waals surface area contributed by atoms with Crippen molar-refractivity contribution in [2.75, 3.05) is 0 Å². The van der Waals surface area contributed by atoms with E-state index in [1.165, 1.54) is 0 Å². The van der Waals surface area contributed by atoms with E-state index in [9.17, 15) is 5.11 Å². The smallest absolute Gasteiger partial charge is 0.0754 e. The SMILES string of the molecule is CC(C)C[C@@H](Cl)C(C)(C)O. The molecule has 0 fully saturated rings. The Morgan fingerprint density at radius 3 is 1.90 bits per heavy atom. The highest BCUT2D eigenvalue weighted by molar-refractivity contribution is 6.21. The number of hydrogen-bond donors (Lipinski definition) is 1. The first-order valence-corrected chi connectivity index (χ1v) is 4.14. The van der Waals surface area contributed by atoms with Crippen LogP contribution in [0.3, 0.4) is 0 Å². The first-order valence-electron chi connectivity index (χ1n) is 3.70. The van der Waals surface area contributed by atoms with Crippen LogP contribution in [0.1, 0.15) is 34.1 Å². The van der Waals surface area contributed by atoms with Crippen LogP contribution >= 0.6 is 11.6 Å². The Labute approximate surface area is 68.4 Å². The summed E-state index contributed by atoms with van der Waals surface area (Å²) in [4.78, 5) is 0. The largest absolute Gasteiger partial charge is 0.389 e. The summed E-state index contributed by atoms with van der Waals surface area (Å²) < 4.78 is 0. The number of aliphatic hydroxyl groups is 1. The minimum Gasteiger partial charge on any atom is -0.389 e. The lowest BCUT2D eigenvalue weighted by atomic mass is 9.97. The molecule has 2 heteroatoms. The molecule has 0 aromatic rings. The quantitative estimate of drug-likeness (QED) is 0.636. The molecule has 0 saturated heterocycles.